The first kappa shape index (κ1) is 17.0. The van der Waals surface area contributed by atoms with Gasteiger partial charge in [-0.3, -0.25) is 0 Å². The molecule has 0 radical (unpaired) electrons. The van der Waals surface area contributed by atoms with Gasteiger partial charge in [0.05, 0.1) is 24.6 Å². The molecule has 0 fully saturated rings. The predicted molar refractivity (Wildman–Crippen MR) is 103 cm³/mol. The van der Waals surface area contributed by atoms with Crippen molar-refractivity contribution in [1.29, 1.82) is 0 Å². The van der Waals surface area contributed by atoms with Crippen molar-refractivity contribution in [3.8, 4) is 17.0 Å². The number of ether oxygens (including phenoxy) is 1. The zero-order valence-corrected chi connectivity index (χ0v) is 14.8. The second kappa shape index (κ2) is 7.43. The number of anilines is 1. The van der Waals surface area contributed by atoms with E-state index in [1.165, 1.54) is 0 Å². The van der Waals surface area contributed by atoms with Crippen molar-refractivity contribution in [3.05, 3.63) is 72.6 Å². The maximum atomic E-state index is 10.4. The van der Waals surface area contributed by atoms with Gasteiger partial charge in [-0.05, 0) is 35.9 Å². The van der Waals surface area contributed by atoms with E-state index >= 15 is 0 Å². The number of aliphatic hydroxyl groups is 1. The molecule has 0 saturated heterocycles. The topological polar surface area (TPSA) is 84.6 Å². The van der Waals surface area contributed by atoms with Crippen LogP contribution < -0.4 is 10.1 Å². The molecule has 7 heteroatoms. The molecule has 0 amide bonds. The SMILES string of the molecule is COc1ccc(-c2cc(NC[C@H](O)c3ccccc3)c3nncn3n2)cc1. The molecule has 136 valence electrons. The first-order chi connectivity index (χ1) is 13.2. The number of fused-ring (bicyclic) bond motifs is 1. The molecule has 4 rings (SSSR count). The Morgan fingerprint density at radius 3 is 2.63 bits per heavy atom. The van der Waals surface area contributed by atoms with Gasteiger partial charge in [-0.25, -0.2) is 0 Å². The molecule has 0 spiro atoms. The summed E-state index contributed by atoms with van der Waals surface area (Å²) in [6.07, 6.45) is 0.924. The minimum absolute atomic E-state index is 0.346. The Labute approximate surface area is 156 Å². The number of rotatable bonds is 6. The third kappa shape index (κ3) is 3.58. The maximum absolute atomic E-state index is 10.4. The van der Waals surface area contributed by atoms with Gasteiger partial charge in [0.15, 0.2) is 0 Å². The van der Waals surface area contributed by atoms with Gasteiger partial charge in [0, 0.05) is 12.1 Å². The molecule has 2 aromatic heterocycles. The number of aliphatic hydroxyl groups excluding tert-OH is 1. The van der Waals surface area contributed by atoms with Crippen LogP contribution in [0.4, 0.5) is 5.69 Å². The summed E-state index contributed by atoms with van der Waals surface area (Å²) in [7, 11) is 1.64. The average molecular weight is 361 g/mol. The van der Waals surface area contributed by atoms with Crippen LogP contribution in [0.5, 0.6) is 5.75 Å². The van der Waals surface area contributed by atoms with E-state index in [9.17, 15) is 5.11 Å². The lowest BCUT2D eigenvalue weighted by molar-refractivity contribution is 0.191. The molecule has 0 aliphatic rings. The average Bonchev–Trinajstić information content (AvgIpc) is 3.21. The van der Waals surface area contributed by atoms with Gasteiger partial charge < -0.3 is 15.2 Å². The fourth-order valence-electron chi connectivity index (χ4n) is 2.86. The number of nitrogens with zero attached hydrogens (tertiary/aromatic N) is 4. The summed E-state index contributed by atoms with van der Waals surface area (Å²) in [5.74, 6) is 0.786. The zero-order valence-electron chi connectivity index (χ0n) is 14.8. The number of aromatic nitrogens is 4. The number of hydrogen-bond donors (Lipinski definition) is 2. The first-order valence-electron chi connectivity index (χ1n) is 8.57. The Kier molecular flexibility index (Phi) is 4.67. The standard InChI is InChI=1S/C20H19N5O2/c1-27-16-9-7-14(8-10-16)17-11-18(20-23-22-13-25(20)24-17)21-12-19(26)15-5-3-2-4-6-15/h2-11,13,19,21,26H,12H2,1H3/t19-/m0/s1. The highest BCUT2D eigenvalue weighted by atomic mass is 16.5. The van der Waals surface area contributed by atoms with E-state index in [0.717, 1.165) is 28.3 Å². The van der Waals surface area contributed by atoms with Crippen molar-refractivity contribution in [2.45, 2.75) is 6.10 Å². The van der Waals surface area contributed by atoms with Crippen LogP contribution in [0.3, 0.4) is 0 Å². The fourth-order valence-corrected chi connectivity index (χ4v) is 2.86. The Balaban J connectivity index is 1.62. The quantitative estimate of drug-likeness (QED) is 0.549. The minimum Gasteiger partial charge on any atom is -0.497 e. The van der Waals surface area contributed by atoms with Crippen LogP contribution in [0.2, 0.25) is 0 Å². The van der Waals surface area contributed by atoms with Gasteiger partial charge in [-0.2, -0.15) is 9.61 Å². The van der Waals surface area contributed by atoms with Gasteiger partial charge in [0.1, 0.15) is 12.1 Å². The molecule has 0 bridgehead atoms. The van der Waals surface area contributed by atoms with Crippen LogP contribution in [-0.4, -0.2) is 38.6 Å². The number of hydrogen-bond acceptors (Lipinski definition) is 6. The summed E-state index contributed by atoms with van der Waals surface area (Å²) in [4.78, 5) is 0. The van der Waals surface area contributed by atoms with E-state index in [1.54, 1.807) is 18.0 Å². The molecule has 7 nitrogen and oxygen atoms in total. The lowest BCUT2D eigenvalue weighted by Gasteiger charge is -2.14. The number of methoxy groups -OCH3 is 1. The van der Waals surface area contributed by atoms with E-state index in [4.69, 9.17) is 4.74 Å². The number of benzene rings is 2. The lowest BCUT2D eigenvalue weighted by atomic mass is 10.1. The van der Waals surface area contributed by atoms with Crippen molar-refractivity contribution in [3.63, 3.8) is 0 Å². The third-order valence-electron chi connectivity index (χ3n) is 4.32. The van der Waals surface area contributed by atoms with Crippen molar-refractivity contribution >= 4 is 11.3 Å². The minimum atomic E-state index is -0.633. The Bertz CT molecular complexity index is 1030. The summed E-state index contributed by atoms with van der Waals surface area (Å²) in [6.45, 7) is 0.346. The first-order valence-corrected chi connectivity index (χ1v) is 8.57. The van der Waals surface area contributed by atoms with Gasteiger partial charge >= 0.3 is 0 Å². The van der Waals surface area contributed by atoms with E-state index in [0.29, 0.717) is 12.2 Å². The second-order valence-electron chi connectivity index (χ2n) is 6.08. The highest BCUT2D eigenvalue weighted by Crippen LogP contribution is 2.25. The molecule has 4 aromatic rings. The second-order valence-corrected chi connectivity index (χ2v) is 6.08. The van der Waals surface area contributed by atoms with Gasteiger partial charge in [0.25, 0.3) is 0 Å². The van der Waals surface area contributed by atoms with Crippen LogP contribution in [0.15, 0.2) is 67.0 Å². The smallest absolute Gasteiger partial charge is 0.200 e. The van der Waals surface area contributed by atoms with E-state index in [1.807, 2.05) is 60.7 Å². The van der Waals surface area contributed by atoms with E-state index in [-0.39, 0.29) is 0 Å². The lowest BCUT2D eigenvalue weighted by Crippen LogP contribution is -2.13. The maximum Gasteiger partial charge on any atom is 0.200 e. The zero-order chi connectivity index (χ0) is 18.6. The number of nitrogens with one attached hydrogen (secondary N) is 1. The Morgan fingerprint density at radius 1 is 1.11 bits per heavy atom. The van der Waals surface area contributed by atoms with Crippen molar-refractivity contribution in [1.82, 2.24) is 19.8 Å². The molecule has 2 aromatic carbocycles. The molecule has 0 aliphatic carbocycles. The third-order valence-corrected chi connectivity index (χ3v) is 4.32. The Morgan fingerprint density at radius 2 is 1.89 bits per heavy atom. The molecule has 27 heavy (non-hydrogen) atoms. The van der Waals surface area contributed by atoms with E-state index < -0.39 is 6.10 Å². The van der Waals surface area contributed by atoms with Crippen LogP contribution in [0.1, 0.15) is 11.7 Å². The molecular weight excluding hydrogens is 342 g/mol. The van der Waals surface area contributed by atoms with Gasteiger partial charge in [0.2, 0.25) is 5.65 Å². The van der Waals surface area contributed by atoms with E-state index in [2.05, 4.69) is 20.6 Å². The fraction of sp³-hybridized carbons (Fsp3) is 0.150. The van der Waals surface area contributed by atoms with Crippen LogP contribution in [-0.2, 0) is 0 Å². The van der Waals surface area contributed by atoms with Crippen LogP contribution in [0, 0.1) is 0 Å². The normalized spacial score (nSPS) is 12.1. The molecule has 1 atom stereocenters. The summed E-state index contributed by atoms with van der Waals surface area (Å²) < 4.78 is 6.83. The summed E-state index contributed by atoms with van der Waals surface area (Å²) in [6, 6.07) is 19.1. The van der Waals surface area contributed by atoms with Crippen LogP contribution >= 0.6 is 0 Å². The molecule has 2 N–H and O–H groups in total. The van der Waals surface area contributed by atoms with Gasteiger partial charge in [-0.15, -0.1) is 10.2 Å². The molecule has 0 unspecified atom stereocenters. The summed E-state index contributed by atoms with van der Waals surface area (Å²) in [5.41, 5.74) is 3.92. The largest absolute Gasteiger partial charge is 0.497 e. The molecule has 0 saturated carbocycles. The molecule has 0 aliphatic heterocycles. The highest BCUT2D eigenvalue weighted by molar-refractivity contribution is 5.73. The van der Waals surface area contributed by atoms with Gasteiger partial charge in [-0.1, -0.05) is 30.3 Å². The van der Waals surface area contributed by atoms with Crippen molar-refractivity contribution < 1.29 is 9.84 Å². The monoisotopic (exact) mass is 361 g/mol. The molecule has 2 heterocycles. The van der Waals surface area contributed by atoms with Crippen LogP contribution in [0.25, 0.3) is 16.9 Å². The summed E-state index contributed by atoms with van der Waals surface area (Å²) >= 11 is 0. The Hall–Kier alpha value is -3.45. The molecular formula is C20H19N5O2. The highest BCUT2D eigenvalue weighted by Gasteiger charge is 2.12. The van der Waals surface area contributed by atoms with Crippen molar-refractivity contribution in [2.75, 3.05) is 19.0 Å². The summed E-state index contributed by atoms with van der Waals surface area (Å²) in [5, 5.41) is 26.3. The van der Waals surface area contributed by atoms with Crippen molar-refractivity contribution in [2.24, 2.45) is 0 Å². The predicted octanol–water partition coefficient (Wildman–Crippen LogP) is 2.95.